The number of methoxy groups -OCH3 is 1. The first-order chi connectivity index (χ1) is 15.0. The van der Waals surface area contributed by atoms with Gasteiger partial charge in [0.25, 0.3) is 5.69 Å². The molecule has 1 aliphatic rings. The van der Waals surface area contributed by atoms with Gasteiger partial charge in [-0.1, -0.05) is 12.1 Å². The van der Waals surface area contributed by atoms with Crippen LogP contribution in [0.4, 0.5) is 5.69 Å². The molecule has 3 unspecified atom stereocenters. The van der Waals surface area contributed by atoms with E-state index < -0.39 is 46.9 Å². The summed E-state index contributed by atoms with van der Waals surface area (Å²) in [6.07, 6.45) is -1.63. The largest absolute Gasteiger partial charge is 0.466 e. The van der Waals surface area contributed by atoms with E-state index in [0.717, 1.165) is 7.11 Å². The first-order valence-electron chi connectivity index (χ1n) is 9.97. The van der Waals surface area contributed by atoms with Crippen LogP contribution in [0.15, 0.2) is 40.5 Å². The van der Waals surface area contributed by atoms with Crippen molar-refractivity contribution in [3.8, 4) is 0 Å². The molecule has 10 heteroatoms. The molecule has 32 heavy (non-hydrogen) atoms. The fourth-order valence-electron chi connectivity index (χ4n) is 3.54. The van der Waals surface area contributed by atoms with E-state index in [1.165, 1.54) is 25.1 Å². The number of rotatable bonds is 7. The minimum atomic E-state index is -1.20. The normalized spacial score (nSPS) is 19.2. The van der Waals surface area contributed by atoms with Crippen LogP contribution in [0.5, 0.6) is 0 Å². The number of nitro benzene ring substituents is 1. The van der Waals surface area contributed by atoms with Gasteiger partial charge in [0.05, 0.1) is 23.7 Å². The number of nitrogens with zero attached hydrogens (tertiary/aromatic N) is 2. The van der Waals surface area contributed by atoms with Crippen LogP contribution in [-0.2, 0) is 28.6 Å². The third-order valence-corrected chi connectivity index (χ3v) is 4.91. The predicted octanol–water partition coefficient (Wildman–Crippen LogP) is 3.10. The summed E-state index contributed by atoms with van der Waals surface area (Å²) in [4.78, 5) is 52.9. The topological polar surface area (TPSA) is 134 Å². The van der Waals surface area contributed by atoms with E-state index >= 15 is 0 Å². The van der Waals surface area contributed by atoms with Crippen LogP contribution in [0.25, 0.3) is 0 Å². The maximum atomic E-state index is 13.1. The molecule has 0 fully saturated rings. The molecule has 2 rings (SSSR count). The van der Waals surface area contributed by atoms with Crippen LogP contribution in [0.3, 0.4) is 0 Å². The molecule has 1 heterocycles. The van der Waals surface area contributed by atoms with Gasteiger partial charge in [0.15, 0.2) is 6.10 Å². The number of ether oxygens (including phenoxy) is 3. The maximum Gasteiger partial charge on any atom is 0.346 e. The van der Waals surface area contributed by atoms with E-state index in [0.29, 0.717) is 11.3 Å². The standard InChI is InChI=1S/C22H26N2O8/c1-11(2)31-21(26)17-12(3)23-13(4)18(22(27)32-14(5)20(25)30-6)19(17)15-8-7-9-16(10-15)24(28)29/h7-11,14,17,19H,1-6H3. The van der Waals surface area contributed by atoms with Crippen LogP contribution >= 0.6 is 0 Å². The van der Waals surface area contributed by atoms with Gasteiger partial charge in [0.2, 0.25) is 0 Å². The second-order valence-corrected chi connectivity index (χ2v) is 7.62. The fourth-order valence-corrected chi connectivity index (χ4v) is 3.54. The summed E-state index contributed by atoms with van der Waals surface area (Å²) in [5, 5.41) is 11.3. The van der Waals surface area contributed by atoms with Gasteiger partial charge in [-0.3, -0.25) is 19.9 Å². The number of aliphatic imine (C=N–C) groups is 1. The summed E-state index contributed by atoms with van der Waals surface area (Å²) in [5.41, 5.74) is 0.817. The van der Waals surface area contributed by atoms with E-state index in [-0.39, 0.29) is 17.0 Å². The summed E-state index contributed by atoms with van der Waals surface area (Å²) in [5.74, 6) is -4.24. The number of benzene rings is 1. The Kier molecular flexibility index (Phi) is 7.85. The Hall–Kier alpha value is -3.56. The molecule has 1 aromatic carbocycles. The van der Waals surface area contributed by atoms with E-state index in [9.17, 15) is 24.5 Å². The van der Waals surface area contributed by atoms with Crippen molar-refractivity contribution in [3.05, 3.63) is 51.2 Å². The fraction of sp³-hybridized carbons (Fsp3) is 0.455. The lowest BCUT2D eigenvalue weighted by atomic mass is 9.75. The molecule has 1 aliphatic heterocycles. The molecular formula is C22H26N2O8. The number of carbonyl (C=O) groups is 3. The van der Waals surface area contributed by atoms with Crippen molar-refractivity contribution in [2.75, 3.05) is 7.11 Å². The number of hydrogen-bond donors (Lipinski definition) is 0. The van der Waals surface area contributed by atoms with Crippen LogP contribution in [-0.4, -0.2) is 47.9 Å². The van der Waals surface area contributed by atoms with Crippen molar-refractivity contribution in [2.45, 2.75) is 52.7 Å². The lowest BCUT2D eigenvalue weighted by molar-refractivity contribution is -0.384. The molecule has 0 spiro atoms. The monoisotopic (exact) mass is 446 g/mol. The predicted molar refractivity (Wildman–Crippen MR) is 114 cm³/mol. The minimum Gasteiger partial charge on any atom is -0.466 e. The molecule has 0 amide bonds. The van der Waals surface area contributed by atoms with Gasteiger partial charge >= 0.3 is 17.9 Å². The van der Waals surface area contributed by atoms with Gasteiger partial charge in [-0.05, 0) is 40.2 Å². The highest BCUT2D eigenvalue weighted by Gasteiger charge is 2.43. The SMILES string of the molecule is COC(=O)C(C)OC(=O)C1=C(C)N=C(C)C(C(=O)OC(C)C)C1c1cccc([N+](=O)[O-])c1. The molecule has 0 radical (unpaired) electrons. The van der Waals surface area contributed by atoms with Crippen molar-refractivity contribution >= 4 is 29.3 Å². The van der Waals surface area contributed by atoms with Crippen LogP contribution < -0.4 is 0 Å². The van der Waals surface area contributed by atoms with Gasteiger partial charge in [-0.15, -0.1) is 0 Å². The smallest absolute Gasteiger partial charge is 0.346 e. The first-order valence-corrected chi connectivity index (χ1v) is 9.97. The molecular weight excluding hydrogens is 420 g/mol. The minimum absolute atomic E-state index is 0.0116. The summed E-state index contributed by atoms with van der Waals surface area (Å²) >= 11 is 0. The maximum absolute atomic E-state index is 13.1. The van der Waals surface area contributed by atoms with Gasteiger partial charge in [-0.2, -0.15) is 0 Å². The third kappa shape index (κ3) is 5.37. The second-order valence-electron chi connectivity index (χ2n) is 7.62. The van der Waals surface area contributed by atoms with Crippen molar-refractivity contribution in [3.63, 3.8) is 0 Å². The van der Waals surface area contributed by atoms with Gasteiger partial charge in [-0.25, -0.2) is 9.59 Å². The molecule has 172 valence electrons. The Morgan fingerprint density at radius 2 is 1.78 bits per heavy atom. The first kappa shape index (κ1) is 24.7. The summed E-state index contributed by atoms with van der Waals surface area (Å²) < 4.78 is 15.2. The van der Waals surface area contributed by atoms with Crippen molar-refractivity contribution in [2.24, 2.45) is 10.9 Å². The third-order valence-electron chi connectivity index (χ3n) is 4.91. The Balaban J connectivity index is 2.64. The summed E-state index contributed by atoms with van der Waals surface area (Å²) in [6.45, 7) is 7.91. The van der Waals surface area contributed by atoms with E-state index in [1.807, 2.05) is 0 Å². The number of allylic oxidation sites excluding steroid dienone is 1. The van der Waals surface area contributed by atoms with Crippen molar-refractivity contribution in [1.82, 2.24) is 0 Å². The lowest BCUT2D eigenvalue weighted by Crippen LogP contribution is -2.38. The highest BCUT2D eigenvalue weighted by atomic mass is 16.6. The van der Waals surface area contributed by atoms with Gasteiger partial charge < -0.3 is 14.2 Å². The molecule has 10 nitrogen and oxygen atoms in total. The Bertz CT molecular complexity index is 995. The number of carbonyl (C=O) groups excluding carboxylic acids is 3. The molecule has 0 aromatic heterocycles. The average Bonchev–Trinajstić information content (AvgIpc) is 2.71. The van der Waals surface area contributed by atoms with E-state index in [1.54, 1.807) is 33.8 Å². The van der Waals surface area contributed by atoms with Crippen LogP contribution in [0, 0.1) is 16.0 Å². The zero-order chi connectivity index (χ0) is 24.2. The Morgan fingerprint density at radius 1 is 1.12 bits per heavy atom. The number of esters is 3. The molecule has 0 saturated heterocycles. The van der Waals surface area contributed by atoms with Gasteiger partial charge in [0.1, 0.15) is 5.92 Å². The quantitative estimate of drug-likeness (QED) is 0.270. The average molecular weight is 446 g/mol. The second kappa shape index (κ2) is 10.2. The van der Waals surface area contributed by atoms with E-state index in [2.05, 4.69) is 9.73 Å². The van der Waals surface area contributed by atoms with Crippen molar-refractivity contribution in [1.29, 1.82) is 0 Å². The Labute approximate surface area is 185 Å². The van der Waals surface area contributed by atoms with E-state index in [4.69, 9.17) is 9.47 Å². The molecule has 0 N–H and O–H groups in total. The van der Waals surface area contributed by atoms with Crippen LogP contribution in [0.1, 0.15) is 46.1 Å². The highest BCUT2D eigenvalue weighted by molar-refractivity contribution is 6.07. The summed E-state index contributed by atoms with van der Waals surface area (Å²) in [7, 11) is 1.16. The zero-order valence-corrected chi connectivity index (χ0v) is 18.8. The number of hydrogen-bond acceptors (Lipinski definition) is 9. The summed E-state index contributed by atoms with van der Waals surface area (Å²) in [6, 6.07) is 5.65. The van der Waals surface area contributed by atoms with Crippen LogP contribution in [0.2, 0.25) is 0 Å². The molecule has 3 atom stereocenters. The number of non-ortho nitro benzene ring substituents is 1. The Morgan fingerprint density at radius 3 is 2.34 bits per heavy atom. The molecule has 1 aromatic rings. The highest BCUT2D eigenvalue weighted by Crippen LogP contribution is 2.41. The lowest BCUT2D eigenvalue weighted by Gasteiger charge is -2.32. The van der Waals surface area contributed by atoms with Crippen molar-refractivity contribution < 1.29 is 33.5 Å². The molecule has 0 bridgehead atoms. The molecule has 0 aliphatic carbocycles. The van der Waals surface area contributed by atoms with Gasteiger partial charge in [0, 0.05) is 29.5 Å². The number of nitro groups is 1. The zero-order valence-electron chi connectivity index (χ0n) is 18.8. The molecule has 0 saturated carbocycles.